The topological polar surface area (TPSA) is 50.1 Å². The van der Waals surface area contributed by atoms with Crippen molar-refractivity contribution in [2.24, 2.45) is 0 Å². The van der Waals surface area contributed by atoms with Crippen LogP contribution in [0.15, 0.2) is 54.6 Å². The smallest absolute Gasteiger partial charge is 0.338 e. The quantitative estimate of drug-likeness (QED) is 0.598. The third kappa shape index (κ3) is 4.77. The van der Waals surface area contributed by atoms with Crippen LogP contribution >= 0.6 is 0 Å². The van der Waals surface area contributed by atoms with Crippen molar-refractivity contribution in [3.8, 4) is 6.07 Å². The molecule has 0 aliphatic heterocycles. The number of esters is 1. The minimum absolute atomic E-state index is 0.269. The Kier molecular flexibility index (Phi) is 5.54. The van der Waals surface area contributed by atoms with Gasteiger partial charge in [-0.25, -0.2) is 4.79 Å². The zero-order chi connectivity index (χ0) is 14.9. The van der Waals surface area contributed by atoms with Gasteiger partial charge in [0.2, 0.25) is 0 Å². The molecule has 0 spiro atoms. The number of carbonyl (C=O) groups is 1. The lowest BCUT2D eigenvalue weighted by Gasteiger charge is -2.05. The number of nitrogens with zero attached hydrogens (tertiary/aromatic N) is 1. The summed E-state index contributed by atoms with van der Waals surface area (Å²) in [6, 6.07) is 18.7. The fourth-order valence-electron chi connectivity index (χ4n) is 2.00. The van der Waals surface area contributed by atoms with Gasteiger partial charge in [0.15, 0.2) is 0 Å². The highest BCUT2D eigenvalue weighted by atomic mass is 16.5. The molecule has 0 saturated heterocycles. The van der Waals surface area contributed by atoms with Gasteiger partial charge in [-0.3, -0.25) is 0 Å². The highest BCUT2D eigenvalue weighted by Gasteiger charge is 2.05. The second kappa shape index (κ2) is 7.86. The van der Waals surface area contributed by atoms with Crippen molar-refractivity contribution >= 4 is 5.97 Å². The van der Waals surface area contributed by atoms with Crippen LogP contribution in [0.1, 0.15) is 34.3 Å². The average Bonchev–Trinajstić information content (AvgIpc) is 2.55. The lowest BCUT2D eigenvalue weighted by molar-refractivity contribution is 0.0498. The Morgan fingerprint density at radius 3 is 2.38 bits per heavy atom. The van der Waals surface area contributed by atoms with Crippen LogP contribution in [0.5, 0.6) is 0 Å². The molecule has 2 aromatic rings. The maximum absolute atomic E-state index is 11.7. The minimum atomic E-state index is -0.269. The van der Waals surface area contributed by atoms with Gasteiger partial charge in [0, 0.05) is 0 Å². The lowest BCUT2D eigenvalue weighted by atomic mass is 10.1. The highest BCUT2D eigenvalue weighted by molar-refractivity contribution is 5.89. The molecular weight excluding hydrogens is 262 g/mol. The van der Waals surface area contributed by atoms with Crippen LogP contribution in [-0.2, 0) is 11.2 Å². The predicted molar refractivity (Wildman–Crippen MR) is 80.8 cm³/mol. The first kappa shape index (κ1) is 14.8. The number of rotatable bonds is 6. The molecule has 3 nitrogen and oxygen atoms in total. The Labute approximate surface area is 124 Å². The molecule has 0 atom stereocenters. The summed E-state index contributed by atoms with van der Waals surface area (Å²) in [5.41, 5.74) is 2.46. The van der Waals surface area contributed by atoms with Crippen LogP contribution in [0.3, 0.4) is 0 Å². The Morgan fingerprint density at radius 2 is 1.71 bits per heavy atom. The first-order valence-electron chi connectivity index (χ1n) is 7.01. The van der Waals surface area contributed by atoms with Gasteiger partial charge < -0.3 is 4.74 Å². The van der Waals surface area contributed by atoms with Crippen molar-refractivity contribution in [1.82, 2.24) is 0 Å². The van der Waals surface area contributed by atoms with E-state index in [1.165, 1.54) is 5.56 Å². The maximum Gasteiger partial charge on any atom is 0.338 e. The van der Waals surface area contributed by atoms with Crippen LogP contribution < -0.4 is 0 Å². The monoisotopic (exact) mass is 279 g/mol. The number of hydrogen-bond acceptors (Lipinski definition) is 3. The zero-order valence-electron chi connectivity index (χ0n) is 11.8. The van der Waals surface area contributed by atoms with E-state index in [1.54, 1.807) is 12.1 Å². The van der Waals surface area contributed by atoms with E-state index in [9.17, 15) is 4.79 Å². The van der Waals surface area contributed by atoms with Crippen molar-refractivity contribution in [1.29, 1.82) is 5.26 Å². The van der Waals surface area contributed by atoms with E-state index in [-0.39, 0.29) is 5.97 Å². The predicted octanol–water partition coefficient (Wildman–Crippen LogP) is 3.74. The molecule has 0 heterocycles. The number of hydrogen-bond donors (Lipinski definition) is 0. The molecule has 3 heteroatoms. The molecule has 0 fully saturated rings. The van der Waals surface area contributed by atoms with Gasteiger partial charge in [-0.2, -0.15) is 5.26 Å². The summed E-state index contributed by atoms with van der Waals surface area (Å²) in [6.45, 7) is 0.435. The van der Waals surface area contributed by atoms with E-state index in [0.717, 1.165) is 19.3 Å². The second-order valence-electron chi connectivity index (χ2n) is 4.77. The summed E-state index contributed by atoms with van der Waals surface area (Å²) >= 11 is 0. The largest absolute Gasteiger partial charge is 0.462 e. The summed E-state index contributed by atoms with van der Waals surface area (Å²) in [6.07, 6.45) is 2.71. The molecule has 0 aliphatic rings. The summed E-state index contributed by atoms with van der Waals surface area (Å²) in [5, 5.41) is 8.72. The van der Waals surface area contributed by atoms with Gasteiger partial charge in [0.25, 0.3) is 0 Å². The molecule has 0 aromatic heterocycles. The Bertz CT molecular complexity index is 612. The highest BCUT2D eigenvalue weighted by Crippen LogP contribution is 2.08. The van der Waals surface area contributed by atoms with Gasteiger partial charge in [0.1, 0.15) is 0 Å². The first-order chi connectivity index (χ1) is 10.3. The van der Waals surface area contributed by atoms with E-state index in [2.05, 4.69) is 6.07 Å². The fraction of sp³-hybridized carbons (Fsp3) is 0.222. The van der Waals surface area contributed by atoms with Gasteiger partial charge >= 0.3 is 5.97 Å². The van der Waals surface area contributed by atoms with Crippen LogP contribution in [0.2, 0.25) is 0 Å². The van der Waals surface area contributed by atoms with E-state index >= 15 is 0 Å². The molecule has 0 saturated carbocycles. The van der Waals surface area contributed by atoms with E-state index in [4.69, 9.17) is 10.00 Å². The third-order valence-electron chi connectivity index (χ3n) is 3.19. The average molecular weight is 279 g/mol. The standard InChI is InChI=1S/C18H17NO2/c19-14-16-11-9-15(10-12-16)6-4-5-13-21-18(20)17-7-2-1-3-8-17/h1-3,7-12H,4-6,13H2. The van der Waals surface area contributed by atoms with Crippen molar-refractivity contribution in [3.05, 3.63) is 71.3 Å². The number of carbonyl (C=O) groups excluding carboxylic acids is 1. The lowest BCUT2D eigenvalue weighted by Crippen LogP contribution is -2.06. The number of ether oxygens (including phenoxy) is 1. The van der Waals surface area contributed by atoms with Crippen LogP contribution in [0, 0.1) is 11.3 Å². The Balaban J connectivity index is 1.66. The first-order valence-corrected chi connectivity index (χ1v) is 7.01. The molecule has 0 radical (unpaired) electrons. The number of aryl methyl sites for hydroxylation is 1. The summed E-state index contributed by atoms with van der Waals surface area (Å²) in [5.74, 6) is -0.269. The molecule has 0 unspecified atom stereocenters. The molecule has 0 aliphatic carbocycles. The van der Waals surface area contributed by atoms with E-state index in [1.807, 2.05) is 42.5 Å². The molecule has 2 rings (SSSR count). The number of unbranched alkanes of at least 4 members (excludes halogenated alkanes) is 1. The van der Waals surface area contributed by atoms with Gasteiger partial charge in [-0.15, -0.1) is 0 Å². The van der Waals surface area contributed by atoms with Crippen molar-refractivity contribution in [2.45, 2.75) is 19.3 Å². The number of nitriles is 1. The molecule has 2 aromatic carbocycles. The minimum Gasteiger partial charge on any atom is -0.462 e. The molecule has 0 bridgehead atoms. The summed E-state index contributed by atoms with van der Waals surface area (Å²) in [7, 11) is 0. The molecule has 0 amide bonds. The normalized spacial score (nSPS) is 9.86. The summed E-state index contributed by atoms with van der Waals surface area (Å²) in [4.78, 5) is 11.7. The zero-order valence-corrected chi connectivity index (χ0v) is 11.8. The molecule has 0 N–H and O–H groups in total. The van der Waals surface area contributed by atoms with E-state index in [0.29, 0.717) is 17.7 Å². The van der Waals surface area contributed by atoms with Crippen LogP contribution in [0.25, 0.3) is 0 Å². The Morgan fingerprint density at radius 1 is 1.00 bits per heavy atom. The van der Waals surface area contributed by atoms with Crippen molar-refractivity contribution in [3.63, 3.8) is 0 Å². The third-order valence-corrected chi connectivity index (χ3v) is 3.19. The van der Waals surface area contributed by atoms with Crippen molar-refractivity contribution < 1.29 is 9.53 Å². The van der Waals surface area contributed by atoms with Crippen LogP contribution in [-0.4, -0.2) is 12.6 Å². The van der Waals surface area contributed by atoms with Gasteiger partial charge in [-0.05, 0) is 49.1 Å². The molecule has 106 valence electrons. The van der Waals surface area contributed by atoms with E-state index < -0.39 is 0 Å². The number of benzene rings is 2. The fourth-order valence-corrected chi connectivity index (χ4v) is 2.00. The van der Waals surface area contributed by atoms with Gasteiger partial charge in [-0.1, -0.05) is 30.3 Å². The second-order valence-corrected chi connectivity index (χ2v) is 4.77. The molecular formula is C18H17NO2. The SMILES string of the molecule is N#Cc1ccc(CCCCOC(=O)c2ccccc2)cc1. The van der Waals surface area contributed by atoms with Gasteiger partial charge in [0.05, 0.1) is 23.8 Å². The van der Waals surface area contributed by atoms with Crippen LogP contribution in [0.4, 0.5) is 0 Å². The Hall–Kier alpha value is -2.60. The maximum atomic E-state index is 11.7. The molecule has 21 heavy (non-hydrogen) atoms. The van der Waals surface area contributed by atoms with Crippen molar-refractivity contribution in [2.75, 3.05) is 6.61 Å². The summed E-state index contributed by atoms with van der Waals surface area (Å²) < 4.78 is 5.22.